The van der Waals surface area contributed by atoms with Crippen LogP contribution in [0.2, 0.25) is 0 Å². The predicted octanol–water partition coefficient (Wildman–Crippen LogP) is 2.35. The van der Waals surface area contributed by atoms with Gasteiger partial charge in [-0.05, 0) is 62.5 Å². The Kier molecular flexibility index (Phi) is 12.9. The first-order valence-electron chi connectivity index (χ1n) is 9.65. The summed E-state index contributed by atoms with van der Waals surface area (Å²) in [6, 6.07) is 4.92. The lowest BCUT2D eigenvalue weighted by atomic mass is 10.1. The summed E-state index contributed by atoms with van der Waals surface area (Å²) < 4.78 is 5.86. The molecule has 1 aliphatic rings. The second-order valence-corrected chi connectivity index (χ2v) is 7.41. The largest absolute Gasteiger partial charge is 0.492 e. The average Bonchev–Trinajstić information content (AvgIpc) is 3.14. The average molecular weight is 449 g/mol. The molecule has 166 valence electrons. The minimum Gasteiger partial charge on any atom is -0.492 e. The van der Waals surface area contributed by atoms with Crippen LogP contribution >= 0.6 is 24.8 Å². The van der Waals surface area contributed by atoms with Crippen molar-refractivity contribution in [1.82, 2.24) is 10.2 Å². The fraction of sp³-hybridized carbons (Fsp3) is 0.600. The van der Waals surface area contributed by atoms with E-state index in [1.54, 1.807) is 6.07 Å². The summed E-state index contributed by atoms with van der Waals surface area (Å²) in [6.07, 6.45) is 2.55. The van der Waals surface area contributed by atoms with Crippen LogP contribution in [0.1, 0.15) is 32.3 Å². The number of nitrogens with two attached hydrogens (primary N) is 1. The number of carbonyl (C=O) groups excluding carboxylic acids is 2. The number of halogens is 2. The number of hydrogen-bond donors (Lipinski definition) is 3. The normalized spacial score (nSPS) is 14.5. The van der Waals surface area contributed by atoms with Crippen molar-refractivity contribution < 1.29 is 14.3 Å². The van der Waals surface area contributed by atoms with E-state index in [1.807, 2.05) is 32.9 Å². The molecule has 1 atom stereocenters. The second kappa shape index (κ2) is 13.6. The molecule has 1 aromatic carbocycles. The van der Waals surface area contributed by atoms with Gasteiger partial charge in [0.1, 0.15) is 12.4 Å². The summed E-state index contributed by atoms with van der Waals surface area (Å²) in [4.78, 5) is 26.2. The summed E-state index contributed by atoms with van der Waals surface area (Å²) in [5.41, 5.74) is 7.39. The fourth-order valence-corrected chi connectivity index (χ4v) is 2.97. The zero-order valence-electron chi connectivity index (χ0n) is 17.4. The molecule has 0 aliphatic carbocycles. The molecule has 1 aliphatic heterocycles. The monoisotopic (exact) mass is 448 g/mol. The highest BCUT2D eigenvalue weighted by molar-refractivity contribution is 5.95. The summed E-state index contributed by atoms with van der Waals surface area (Å²) in [5.74, 6) is 0.233. The van der Waals surface area contributed by atoms with E-state index in [-0.39, 0.29) is 49.1 Å². The second-order valence-electron chi connectivity index (χ2n) is 7.41. The van der Waals surface area contributed by atoms with E-state index in [0.29, 0.717) is 12.3 Å². The molecule has 1 aromatic rings. The van der Waals surface area contributed by atoms with Gasteiger partial charge in [0.2, 0.25) is 11.8 Å². The van der Waals surface area contributed by atoms with Crippen LogP contribution in [0.5, 0.6) is 5.75 Å². The SMILES string of the molecule is Cc1cc(NC(=O)CNC(=O)[C@@H](N)C(C)C)ccc1OCCN1CCCC1.Cl.Cl. The molecule has 9 heteroatoms. The van der Waals surface area contributed by atoms with Crippen LogP contribution in [-0.2, 0) is 9.59 Å². The minimum atomic E-state index is -0.614. The first kappa shape index (κ1) is 27.5. The number of carbonyl (C=O) groups is 2. The lowest BCUT2D eigenvalue weighted by Crippen LogP contribution is -2.46. The molecule has 0 aromatic heterocycles. The van der Waals surface area contributed by atoms with Gasteiger partial charge in [-0.15, -0.1) is 24.8 Å². The fourth-order valence-electron chi connectivity index (χ4n) is 2.97. The molecule has 0 unspecified atom stereocenters. The smallest absolute Gasteiger partial charge is 0.243 e. The molecule has 1 saturated heterocycles. The van der Waals surface area contributed by atoms with Crippen molar-refractivity contribution >= 4 is 42.3 Å². The number of nitrogens with one attached hydrogen (secondary N) is 2. The van der Waals surface area contributed by atoms with Crippen molar-refractivity contribution in [2.75, 3.05) is 38.1 Å². The topological polar surface area (TPSA) is 96.7 Å². The molecule has 2 amide bonds. The van der Waals surface area contributed by atoms with Crippen molar-refractivity contribution in [2.45, 2.75) is 39.7 Å². The van der Waals surface area contributed by atoms with E-state index in [0.717, 1.165) is 30.9 Å². The molecule has 0 spiro atoms. The zero-order chi connectivity index (χ0) is 19.8. The molecule has 0 saturated carbocycles. The van der Waals surface area contributed by atoms with Crippen LogP contribution in [0.4, 0.5) is 5.69 Å². The summed E-state index contributed by atoms with van der Waals surface area (Å²) >= 11 is 0. The minimum absolute atomic E-state index is 0. The first-order valence-corrected chi connectivity index (χ1v) is 9.65. The van der Waals surface area contributed by atoms with Gasteiger partial charge in [0.25, 0.3) is 0 Å². The maximum absolute atomic E-state index is 12.0. The van der Waals surface area contributed by atoms with Crippen molar-refractivity contribution in [3.8, 4) is 5.75 Å². The Labute approximate surface area is 185 Å². The number of hydrogen-bond acceptors (Lipinski definition) is 5. The van der Waals surface area contributed by atoms with Crippen LogP contribution in [0, 0.1) is 12.8 Å². The summed E-state index contributed by atoms with van der Waals surface area (Å²) in [6.45, 7) is 9.49. The zero-order valence-corrected chi connectivity index (χ0v) is 19.0. The van der Waals surface area contributed by atoms with Gasteiger partial charge in [0.05, 0.1) is 12.6 Å². The van der Waals surface area contributed by atoms with Gasteiger partial charge in [-0.25, -0.2) is 0 Å². The Bertz CT molecular complexity index is 653. The van der Waals surface area contributed by atoms with Gasteiger partial charge in [0.15, 0.2) is 0 Å². The van der Waals surface area contributed by atoms with Gasteiger partial charge in [-0.1, -0.05) is 13.8 Å². The number of aryl methyl sites for hydroxylation is 1. The van der Waals surface area contributed by atoms with Gasteiger partial charge in [-0.3, -0.25) is 14.5 Å². The standard InChI is InChI=1S/C20H32N4O3.2ClH/c1-14(2)19(21)20(26)22-13-18(25)23-16-6-7-17(15(3)12-16)27-11-10-24-8-4-5-9-24;;/h6-7,12,14,19H,4-5,8-11,13,21H2,1-3H3,(H,22,26)(H,23,25);2*1H/t19-;;/m0../s1. The van der Waals surface area contributed by atoms with E-state index in [2.05, 4.69) is 15.5 Å². The Morgan fingerprint density at radius 1 is 1.21 bits per heavy atom. The first-order chi connectivity index (χ1) is 12.9. The maximum Gasteiger partial charge on any atom is 0.243 e. The van der Waals surface area contributed by atoms with Crippen molar-refractivity contribution in [2.24, 2.45) is 11.7 Å². The number of anilines is 1. The van der Waals surface area contributed by atoms with Crippen LogP contribution in [-0.4, -0.2) is 55.5 Å². The summed E-state index contributed by atoms with van der Waals surface area (Å²) in [5, 5.41) is 5.34. The van der Waals surface area contributed by atoms with Gasteiger partial charge < -0.3 is 21.1 Å². The lowest BCUT2D eigenvalue weighted by Gasteiger charge is -2.17. The number of amides is 2. The number of ether oxygens (including phenoxy) is 1. The van der Waals surface area contributed by atoms with Crippen LogP contribution in [0.15, 0.2) is 18.2 Å². The molecule has 2 rings (SSSR count). The van der Waals surface area contributed by atoms with Crippen LogP contribution < -0.4 is 21.1 Å². The highest BCUT2D eigenvalue weighted by Crippen LogP contribution is 2.22. The van der Waals surface area contributed by atoms with E-state index in [1.165, 1.54) is 12.8 Å². The molecule has 4 N–H and O–H groups in total. The number of nitrogens with zero attached hydrogens (tertiary/aromatic N) is 1. The van der Waals surface area contributed by atoms with Gasteiger partial charge >= 0.3 is 0 Å². The molecule has 1 heterocycles. The van der Waals surface area contributed by atoms with E-state index in [9.17, 15) is 9.59 Å². The number of benzene rings is 1. The van der Waals surface area contributed by atoms with E-state index in [4.69, 9.17) is 10.5 Å². The van der Waals surface area contributed by atoms with Crippen molar-refractivity contribution in [3.05, 3.63) is 23.8 Å². The number of rotatable bonds is 9. The predicted molar refractivity (Wildman–Crippen MR) is 121 cm³/mol. The Morgan fingerprint density at radius 3 is 2.45 bits per heavy atom. The van der Waals surface area contributed by atoms with Crippen LogP contribution in [0.3, 0.4) is 0 Å². The highest BCUT2D eigenvalue weighted by Gasteiger charge is 2.17. The summed E-state index contributed by atoms with van der Waals surface area (Å²) in [7, 11) is 0. The Morgan fingerprint density at radius 2 is 1.86 bits per heavy atom. The quantitative estimate of drug-likeness (QED) is 0.538. The lowest BCUT2D eigenvalue weighted by molar-refractivity contribution is -0.125. The Balaban J connectivity index is 0.00000392. The molecular weight excluding hydrogens is 415 g/mol. The third-order valence-electron chi connectivity index (χ3n) is 4.77. The van der Waals surface area contributed by atoms with E-state index < -0.39 is 6.04 Å². The number of likely N-dealkylation sites (tertiary alicyclic amines) is 1. The van der Waals surface area contributed by atoms with Crippen molar-refractivity contribution in [3.63, 3.8) is 0 Å². The molecule has 29 heavy (non-hydrogen) atoms. The molecular formula is C20H34Cl2N4O3. The van der Waals surface area contributed by atoms with Gasteiger partial charge in [-0.2, -0.15) is 0 Å². The van der Waals surface area contributed by atoms with Crippen LogP contribution in [0.25, 0.3) is 0 Å². The highest BCUT2D eigenvalue weighted by atomic mass is 35.5. The Hall–Kier alpha value is -1.54. The third kappa shape index (κ3) is 9.21. The van der Waals surface area contributed by atoms with Gasteiger partial charge in [0, 0.05) is 12.2 Å². The molecule has 7 nitrogen and oxygen atoms in total. The van der Waals surface area contributed by atoms with Crippen molar-refractivity contribution in [1.29, 1.82) is 0 Å². The third-order valence-corrected chi connectivity index (χ3v) is 4.77. The molecule has 1 fully saturated rings. The molecule has 0 bridgehead atoms. The maximum atomic E-state index is 12.0. The molecule has 0 radical (unpaired) electrons. The van der Waals surface area contributed by atoms with E-state index >= 15 is 0 Å².